The average Bonchev–Trinajstić information content (AvgIpc) is 3.00. The molecule has 2 aromatic heterocycles. The quantitative estimate of drug-likeness (QED) is 0.892. The van der Waals surface area contributed by atoms with Gasteiger partial charge in [0.25, 0.3) is 0 Å². The van der Waals surface area contributed by atoms with E-state index in [1.165, 1.54) is 0 Å². The third-order valence-corrected chi connectivity index (χ3v) is 4.15. The Morgan fingerprint density at radius 1 is 1.48 bits per heavy atom. The second-order valence-electron chi connectivity index (χ2n) is 4.94. The Balaban J connectivity index is 2.23. The summed E-state index contributed by atoms with van der Waals surface area (Å²) in [5.41, 5.74) is 3.21. The van der Waals surface area contributed by atoms with Gasteiger partial charge in [0.05, 0.1) is 33.8 Å². The summed E-state index contributed by atoms with van der Waals surface area (Å²) in [7, 11) is 5.69. The predicted molar refractivity (Wildman–Crippen MR) is 82.6 cm³/mol. The molecule has 3 rings (SSSR count). The standard InChI is InChI=1S/C14H15ClN6/c1-17-12-9(5-18-14-11(12)10(15)6-19-14)13-8(4-16)7-20(2)21(13)3/h5-7,13H,1-3H3,(H2,17,18,19). The molecule has 2 aromatic rings. The van der Waals surface area contributed by atoms with Crippen LogP contribution in [-0.2, 0) is 0 Å². The number of fused-ring (bicyclic) bond motifs is 1. The van der Waals surface area contributed by atoms with Crippen LogP contribution in [0, 0.1) is 11.3 Å². The number of hydrogen-bond acceptors (Lipinski definition) is 5. The Bertz CT molecular complexity index is 772. The van der Waals surface area contributed by atoms with E-state index in [-0.39, 0.29) is 6.04 Å². The maximum atomic E-state index is 9.38. The number of pyridine rings is 1. The van der Waals surface area contributed by atoms with Gasteiger partial charge in [-0.2, -0.15) is 5.26 Å². The monoisotopic (exact) mass is 302 g/mol. The second-order valence-corrected chi connectivity index (χ2v) is 5.35. The molecule has 21 heavy (non-hydrogen) atoms. The van der Waals surface area contributed by atoms with Crippen LogP contribution in [0.4, 0.5) is 5.69 Å². The van der Waals surface area contributed by atoms with Crippen LogP contribution in [0.5, 0.6) is 0 Å². The zero-order chi connectivity index (χ0) is 15.1. The number of aromatic amines is 1. The van der Waals surface area contributed by atoms with Crippen LogP contribution in [0.2, 0.25) is 5.02 Å². The highest BCUT2D eigenvalue weighted by Gasteiger charge is 2.32. The summed E-state index contributed by atoms with van der Waals surface area (Å²) in [4.78, 5) is 7.46. The molecule has 1 aliphatic rings. The fraction of sp³-hybridized carbons (Fsp3) is 0.286. The van der Waals surface area contributed by atoms with Gasteiger partial charge in [-0.05, 0) is 0 Å². The minimum Gasteiger partial charge on any atom is -0.387 e. The summed E-state index contributed by atoms with van der Waals surface area (Å²) in [6.45, 7) is 0. The summed E-state index contributed by atoms with van der Waals surface area (Å²) in [6.07, 6.45) is 5.33. The lowest BCUT2D eigenvalue weighted by Gasteiger charge is -2.28. The summed E-state index contributed by atoms with van der Waals surface area (Å²) in [5.74, 6) is 0. The van der Waals surface area contributed by atoms with Crippen LogP contribution >= 0.6 is 11.6 Å². The molecule has 0 amide bonds. The molecule has 0 spiro atoms. The lowest BCUT2D eigenvalue weighted by atomic mass is 9.99. The molecule has 6 nitrogen and oxygen atoms in total. The highest BCUT2D eigenvalue weighted by molar-refractivity contribution is 6.36. The van der Waals surface area contributed by atoms with Gasteiger partial charge in [-0.3, -0.25) is 0 Å². The maximum Gasteiger partial charge on any atom is 0.140 e. The van der Waals surface area contributed by atoms with Crippen molar-refractivity contribution in [1.29, 1.82) is 5.26 Å². The number of nitrogens with zero attached hydrogens (tertiary/aromatic N) is 4. The lowest BCUT2D eigenvalue weighted by molar-refractivity contribution is 0.0726. The van der Waals surface area contributed by atoms with E-state index >= 15 is 0 Å². The first-order valence-electron chi connectivity index (χ1n) is 6.49. The molecule has 3 heterocycles. The molecule has 0 saturated carbocycles. The van der Waals surface area contributed by atoms with Gasteiger partial charge in [0.1, 0.15) is 5.65 Å². The summed E-state index contributed by atoms with van der Waals surface area (Å²) >= 11 is 6.26. The number of rotatable bonds is 2. The number of anilines is 1. The smallest absolute Gasteiger partial charge is 0.140 e. The highest BCUT2D eigenvalue weighted by atomic mass is 35.5. The average molecular weight is 303 g/mol. The summed E-state index contributed by atoms with van der Waals surface area (Å²) < 4.78 is 0. The van der Waals surface area contributed by atoms with Crippen molar-refractivity contribution in [3.63, 3.8) is 0 Å². The SMILES string of the molecule is CNc1c(C2C(C#N)=CN(C)N2C)cnc2[nH]cc(Cl)c12. The molecule has 1 unspecified atom stereocenters. The third-order valence-electron chi connectivity index (χ3n) is 3.85. The van der Waals surface area contributed by atoms with Gasteiger partial charge in [0.15, 0.2) is 0 Å². The molecular weight excluding hydrogens is 288 g/mol. The number of nitriles is 1. The first-order valence-corrected chi connectivity index (χ1v) is 6.87. The predicted octanol–water partition coefficient (Wildman–Crippen LogP) is 2.50. The van der Waals surface area contributed by atoms with Crippen LogP contribution in [0.3, 0.4) is 0 Å². The van der Waals surface area contributed by atoms with E-state index in [1.807, 2.05) is 37.4 Å². The Hall–Kier alpha value is -2.23. The van der Waals surface area contributed by atoms with Gasteiger partial charge in [0.2, 0.25) is 0 Å². The molecule has 0 aliphatic carbocycles. The van der Waals surface area contributed by atoms with Gasteiger partial charge in [-0.1, -0.05) is 11.6 Å². The Morgan fingerprint density at radius 3 is 2.90 bits per heavy atom. The van der Waals surface area contributed by atoms with Crippen molar-refractivity contribution in [2.75, 3.05) is 26.5 Å². The van der Waals surface area contributed by atoms with E-state index in [0.717, 1.165) is 22.3 Å². The number of nitrogens with one attached hydrogen (secondary N) is 2. The third kappa shape index (κ3) is 1.94. The van der Waals surface area contributed by atoms with Crippen LogP contribution in [-0.4, -0.2) is 41.1 Å². The molecule has 2 N–H and O–H groups in total. The van der Waals surface area contributed by atoms with E-state index in [4.69, 9.17) is 11.6 Å². The molecule has 0 fully saturated rings. The van der Waals surface area contributed by atoms with Crippen molar-refractivity contribution >= 4 is 28.3 Å². The zero-order valence-corrected chi connectivity index (χ0v) is 12.7. The number of halogens is 1. The fourth-order valence-corrected chi connectivity index (χ4v) is 2.99. The van der Waals surface area contributed by atoms with Gasteiger partial charge in [-0.15, -0.1) is 0 Å². The number of aromatic nitrogens is 2. The number of hydrazine groups is 1. The van der Waals surface area contributed by atoms with E-state index in [2.05, 4.69) is 21.4 Å². The second kappa shape index (κ2) is 4.95. The first kappa shape index (κ1) is 13.7. The van der Waals surface area contributed by atoms with E-state index in [1.54, 1.807) is 12.4 Å². The molecule has 0 bridgehead atoms. The fourth-order valence-electron chi connectivity index (χ4n) is 2.75. The summed E-state index contributed by atoms with van der Waals surface area (Å²) in [6, 6.07) is 2.09. The van der Waals surface area contributed by atoms with Crippen LogP contribution in [0.15, 0.2) is 24.2 Å². The van der Waals surface area contributed by atoms with Crippen LogP contribution < -0.4 is 5.32 Å². The van der Waals surface area contributed by atoms with Gasteiger partial charge >= 0.3 is 0 Å². The van der Waals surface area contributed by atoms with E-state index < -0.39 is 0 Å². The Labute approximate surface area is 127 Å². The minimum absolute atomic E-state index is 0.176. The normalized spacial score (nSPS) is 18.9. The molecule has 1 atom stereocenters. The number of hydrogen-bond donors (Lipinski definition) is 2. The number of likely N-dealkylation sites (N-methyl/N-ethyl adjacent to an activating group) is 1. The van der Waals surface area contributed by atoms with Crippen molar-refractivity contribution < 1.29 is 0 Å². The molecule has 108 valence electrons. The highest BCUT2D eigenvalue weighted by Crippen LogP contribution is 2.41. The van der Waals surface area contributed by atoms with Crippen molar-refractivity contribution in [1.82, 2.24) is 20.0 Å². The molecule has 0 radical (unpaired) electrons. The molecule has 1 aliphatic heterocycles. The van der Waals surface area contributed by atoms with Crippen LogP contribution in [0.1, 0.15) is 11.6 Å². The van der Waals surface area contributed by atoms with Gasteiger partial charge < -0.3 is 15.3 Å². The Morgan fingerprint density at radius 2 is 2.24 bits per heavy atom. The maximum absolute atomic E-state index is 9.38. The topological polar surface area (TPSA) is 71.0 Å². The number of H-pyrrole nitrogens is 1. The summed E-state index contributed by atoms with van der Waals surface area (Å²) in [5, 5.41) is 17.9. The van der Waals surface area contributed by atoms with E-state index in [0.29, 0.717) is 10.6 Å². The largest absolute Gasteiger partial charge is 0.387 e. The first-order chi connectivity index (χ1) is 10.1. The molecule has 0 saturated heterocycles. The van der Waals surface area contributed by atoms with Crippen molar-refractivity contribution in [2.24, 2.45) is 0 Å². The molecule has 7 heteroatoms. The van der Waals surface area contributed by atoms with Crippen LogP contribution in [0.25, 0.3) is 11.0 Å². The molecular formula is C14H15ClN6. The van der Waals surface area contributed by atoms with Gasteiger partial charge in [0, 0.05) is 45.3 Å². The van der Waals surface area contributed by atoms with E-state index in [9.17, 15) is 5.26 Å². The van der Waals surface area contributed by atoms with Gasteiger partial charge in [-0.25, -0.2) is 9.99 Å². The zero-order valence-electron chi connectivity index (χ0n) is 12.0. The van der Waals surface area contributed by atoms with Crippen molar-refractivity contribution in [2.45, 2.75) is 6.04 Å². The lowest BCUT2D eigenvalue weighted by Crippen LogP contribution is -2.31. The Kier molecular flexibility index (Phi) is 3.24. The molecule has 0 aromatic carbocycles. The van der Waals surface area contributed by atoms with Crippen molar-refractivity contribution in [3.8, 4) is 6.07 Å². The minimum atomic E-state index is -0.176. The van der Waals surface area contributed by atoms with Crippen molar-refractivity contribution in [3.05, 3.63) is 34.8 Å².